The van der Waals surface area contributed by atoms with E-state index in [1.165, 1.54) is 25.3 Å². The Kier molecular flexibility index (Phi) is 5.11. The van der Waals surface area contributed by atoms with E-state index in [0.29, 0.717) is 11.3 Å². The van der Waals surface area contributed by atoms with Crippen molar-refractivity contribution in [2.45, 2.75) is 43.8 Å². The lowest BCUT2D eigenvalue weighted by molar-refractivity contribution is -0.108. The van der Waals surface area contributed by atoms with Crippen LogP contribution in [0.3, 0.4) is 0 Å². The second kappa shape index (κ2) is 6.66. The molecule has 6 heteroatoms. The molecule has 1 aliphatic carbocycles. The Morgan fingerprint density at radius 3 is 2.57 bits per heavy atom. The first kappa shape index (κ1) is 16.1. The van der Waals surface area contributed by atoms with Crippen LogP contribution in [-0.2, 0) is 4.74 Å². The van der Waals surface area contributed by atoms with Crippen LogP contribution in [-0.4, -0.2) is 30.8 Å². The quantitative estimate of drug-likeness (QED) is 0.905. The third-order valence-electron chi connectivity index (χ3n) is 3.73. The fourth-order valence-electron chi connectivity index (χ4n) is 2.55. The van der Waals surface area contributed by atoms with Gasteiger partial charge in [0, 0.05) is 18.4 Å². The Labute approximate surface area is 121 Å². The van der Waals surface area contributed by atoms with Crippen LogP contribution in [0.25, 0.3) is 0 Å². The van der Waals surface area contributed by atoms with Gasteiger partial charge in [0.25, 0.3) is 0 Å². The first-order chi connectivity index (χ1) is 9.95. The molecule has 21 heavy (non-hydrogen) atoms. The fourth-order valence-corrected chi connectivity index (χ4v) is 2.55. The largest absolute Gasteiger partial charge is 0.496 e. The Hall–Kier alpha value is -1.27. The van der Waals surface area contributed by atoms with Gasteiger partial charge in [-0.3, -0.25) is 0 Å². The summed E-state index contributed by atoms with van der Waals surface area (Å²) >= 11 is 0. The topological polar surface area (TPSA) is 38.7 Å². The van der Waals surface area contributed by atoms with E-state index < -0.39 is 17.8 Å². The van der Waals surface area contributed by atoms with Crippen molar-refractivity contribution in [3.63, 3.8) is 0 Å². The molecule has 0 aromatic heterocycles. The highest BCUT2D eigenvalue weighted by atomic mass is 19.3. The molecule has 0 heterocycles. The monoisotopic (exact) mass is 304 g/mol. The predicted molar refractivity (Wildman–Crippen MR) is 71.1 cm³/mol. The summed E-state index contributed by atoms with van der Waals surface area (Å²) in [5.74, 6) is -2.70. The van der Waals surface area contributed by atoms with Crippen molar-refractivity contribution >= 4 is 0 Å². The highest BCUT2D eigenvalue weighted by Gasteiger charge is 2.36. The van der Waals surface area contributed by atoms with Gasteiger partial charge in [-0.1, -0.05) is 0 Å². The van der Waals surface area contributed by atoms with Crippen LogP contribution in [0.5, 0.6) is 5.75 Å². The van der Waals surface area contributed by atoms with Gasteiger partial charge in [0.1, 0.15) is 17.7 Å². The molecule has 0 bridgehead atoms. The van der Waals surface area contributed by atoms with Gasteiger partial charge in [-0.2, -0.15) is 0 Å². The normalized spacial score (nSPS) is 20.2. The average molecular weight is 304 g/mol. The fraction of sp³-hybridized carbons (Fsp3) is 0.600. The maximum atomic E-state index is 13.4. The molecule has 0 aliphatic heterocycles. The van der Waals surface area contributed by atoms with Crippen molar-refractivity contribution in [2.24, 2.45) is 0 Å². The van der Waals surface area contributed by atoms with E-state index in [0.717, 1.165) is 0 Å². The zero-order chi connectivity index (χ0) is 15.5. The van der Waals surface area contributed by atoms with Crippen molar-refractivity contribution in [1.29, 1.82) is 0 Å². The summed E-state index contributed by atoms with van der Waals surface area (Å²) < 4.78 is 50.4. The van der Waals surface area contributed by atoms with E-state index in [2.05, 4.69) is 0 Å². The number of halogens is 3. The first-order valence-electron chi connectivity index (χ1n) is 6.93. The van der Waals surface area contributed by atoms with Crippen LogP contribution < -0.4 is 4.74 Å². The molecule has 1 fully saturated rings. The van der Waals surface area contributed by atoms with Crippen LogP contribution >= 0.6 is 0 Å². The molecular formula is C15H19F3O3. The molecular weight excluding hydrogens is 285 g/mol. The number of aliphatic hydroxyl groups excluding tert-OH is 1. The van der Waals surface area contributed by atoms with E-state index in [1.54, 1.807) is 0 Å². The molecule has 0 saturated heterocycles. The molecule has 0 spiro atoms. The lowest BCUT2D eigenvalue weighted by atomic mass is 9.94. The predicted octanol–water partition coefficient (Wildman–Crippen LogP) is 3.46. The molecule has 0 amide bonds. The van der Waals surface area contributed by atoms with Gasteiger partial charge >= 0.3 is 0 Å². The number of hydrogen-bond donors (Lipinski definition) is 1. The number of aliphatic hydroxyl groups is 1. The van der Waals surface area contributed by atoms with Crippen molar-refractivity contribution in [3.05, 3.63) is 29.6 Å². The summed E-state index contributed by atoms with van der Waals surface area (Å²) in [6.45, 7) is -0.368. The third kappa shape index (κ3) is 4.11. The van der Waals surface area contributed by atoms with Crippen LogP contribution in [0, 0.1) is 5.82 Å². The van der Waals surface area contributed by atoms with E-state index in [-0.39, 0.29) is 38.4 Å². The molecule has 0 unspecified atom stereocenters. The smallest absolute Gasteiger partial charge is 0.248 e. The molecule has 1 N–H and O–H groups in total. The van der Waals surface area contributed by atoms with Crippen LogP contribution in [0.2, 0.25) is 0 Å². The second-order valence-corrected chi connectivity index (χ2v) is 5.25. The van der Waals surface area contributed by atoms with Crippen LogP contribution in [0.15, 0.2) is 18.2 Å². The van der Waals surface area contributed by atoms with E-state index in [4.69, 9.17) is 9.47 Å². The summed E-state index contributed by atoms with van der Waals surface area (Å²) in [5, 5.41) is 9.47. The third-order valence-corrected chi connectivity index (χ3v) is 3.73. The van der Waals surface area contributed by atoms with E-state index >= 15 is 0 Å². The zero-order valence-corrected chi connectivity index (χ0v) is 11.8. The van der Waals surface area contributed by atoms with Gasteiger partial charge in [-0.05, 0) is 31.0 Å². The number of hydrogen-bond acceptors (Lipinski definition) is 3. The molecule has 0 radical (unpaired) electrons. The summed E-state index contributed by atoms with van der Waals surface area (Å²) in [7, 11) is 1.44. The lowest BCUT2D eigenvalue weighted by Gasteiger charge is -2.31. The van der Waals surface area contributed by atoms with Crippen molar-refractivity contribution in [2.75, 3.05) is 13.7 Å². The first-order valence-corrected chi connectivity index (χ1v) is 6.93. The van der Waals surface area contributed by atoms with Gasteiger partial charge in [-0.15, -0.1) is 0 Å². The molecule has 118 valence electrons. The van der Waals surface area contributed by atoms with Gasteiger partial charge in [0.15, 0.2) is 0 Å². The molecule has 3 nitrogen and oxygen atoms in total. The van der Waals surface area contributed by atoms with Gasteiger partial charge in [-0.25, -0.2) is 13.2 Å². The van der Waals surface area contributed by atoms with E-state index in [9.17, 15) is 18.3 Å². The minimum atomic E-state index is -2.63. The van der Waals surface area contributed by atoms with Crippen LogP contribution in [0.1, 0.15) is 37.4 Å². The maximum absolute atomic E-state index is 13.4. The van der Waals surface area contributed by atoms with Gasteiger partial charge in [0.2, 0.25) is 5.92 Å². The Morgan fingerprint density at radius 1 is 1.33 bits per heavy atom. The lowest BCUT2D eigenvalue weighted by Crippen LogP contribution is -2.30. The number of benzene rings is 1. The summed E-state index contributed by atoms with van der Waals surface area (Å²) in [6, 6.07) is 3.93. The average Bonchev–Trinajstić information content (AvgIpc) is 2.46. The zero-order valence-electron chi connectivity index (χ0n) is 11.8. The minimum Gasteiger partial charge on any atom is -0.496 e. The molecule has 1 aromatic rings. The standard InChI is InChI=1S/C15H19F3O3/c1-20-13-3-2-10(16)8-12(13)14(9-19)21-11-4-6-15(17,18)7-5-11/h2-3,8,11,14,19H,4-7,9H2,1H3/t14-/m0/s1. The van der Waals surface area contributed by atoms with E-state index in [1.807, 2.05) is 0 Å². The summed E-state index contributed by atoms with van der Waals surface area (Å²) in [4.78, 5) is 0. The highest BCUT2D eigenvalue weighted by molar-refractivity contribution is 5.36. The van der Waals surface area contributed by atoms with Crippen LogP contribution in [0.4, 0.5) is 13.2 Å². The van der Waals surface area contributed by atoms with Crippen molar-refractivity contribution in [1.82, 2.24) is 0 Å². The molecule has 2 rings (SSSR count). The van der Waals surface area contributed by atoms with Crippen molar-refractivity contribution in [3.8, 4) is 5.75 Å². The number of alkyl halides is 2. The number of methoxy groups -OCH3 is 1. The minimum absolute atomic E-state index is 0.223. The molecule has 1 atom stereocenters. The molecule has 1 aliphatic rings. The number of rotatable bonds is 5. The van der Waals surface area contributed by atoms with Crippen molar-refractivity contribution < 1.29 is 27.8 Å². The molecule has 1 aromatic carbocycles. The summed E-state index contributed by atoms with van der Waals surface area (Å²) in [6.07, 6.45) is -1.16. The Balaban J connectivity index is 2.08. The highest BCUT2D eigenvalue weighted by Crippen LogP contribution is 2.37. The van der Waals surface area contributed by atoms with Gasteiger partial charge < -0.3 is 14.6 Å². The maximum Gasteiger partial charge on any atom is 0.248 e. The SMILES string of the molecule is COc1ccc(F)cc1[C@H](CO)OC1CCC(F)(F)CC1. The second-order valence-electron chi connectivity index (χ2n) is 5.25. The Morgan fingerprint density at radius 2 is 2.00 bits per heavy atom. The van der Waals surface area contributed by atoms with Gasteiger partial charge in [0.05, 0.1) is 19.8 Å². The Bertz CT molecular complexity index is 469. The number of ether oxygens (including phenoxy) is 2. The molecule has 1 saturated carbocycles. The summed E-state index contributed by atoms with van der Waals surface area (Å²) in [5.41, 5.74) is 0.386.